The second-order valence-corrected chi connectivity index (χ2v) is 4.47. The Morgan fingerprint density at radius 2 is 2.31 bits per heavy atom. The minimum absolute atomic E-state index is 0.0253. The maximum absolute atomic E-state index is 11.4. The van der Waals surface area contributed by atoms with Crippen molar-refractivity contribution in [3.63, 3.8) is 0 Å². The third-order valence-electron chi connectivity index (χ3n) is 3.38. The lowest BCUT2D eigenvalue weighted by Gasteiger charge is -2.34. The average Bonchev–Trinajstić information content (AvgIpc) is 2.37. The Morgan fingerprint density at radius 1 is 1.46 bits per heavy atom. The molecule has 0 saturated carbocycles. The predicted octanol–water partition coefficient (Wildman–Crippen LogP) is 0.797. The van der Waals surface area contributed by atoms with Crippen LogP contribution in [0.25, 0.3) is 0 Å². The molecule has 0 aromatic carbocycles. The van der Waals surface area contributed by atoms with E-state index in [9.17, 15) is 4.79 Å². The van der Waals surface area contributed by atoms with Gasteiger partial charge in [0.25, 0.3) is 0 Å². The first-order valence-electron chi connectivity index (χ1n) is 5.25. The van der Waals surface area contributed by atoms with Crippen molar-refractivity contribution in [2.24, 2.45) is 0 Å². The van der Waals surface area contributed by atoms with Crippen LogP contribution < -0.4 is 10.6 Å². The molecule has 2 rings (SSSR count). The summed E-state index contributed by atoms with van der Waals surface area (Å²) in [5.74, 6) is 0.232. The van der Waals surface area contributed by atoms with E-state index in [1.807, 2.05) is 0 Å². The van der Waals surface area contributed by atoms with Gasteiger partial charge in [-0.1, -0.05) is 6.42 Å². The van der Waals surface area contributed by atoms with E-state index in [0.717, 1.165) is 19.4 Å². The van der Waals surface area contributed by atoms with E-state index in [-0.39, 0.29) is 11.4 Å². The molecule has 0 aromatic rings. The Balaban J connectivity index is 2.11. The van der Waals surface area contributed by atoms with Crippen molar-refractivity contribution < 1.29 is 4.79 Å². The highest BCUT2D eigenvalue weighted by Gasteiger charge is 2.39. The van der Waals surface area contributed by atoms with Crippen LogP contribution in [-0.2, 0) is 4.79 Å². The molecule has 0 spiro atoms. The molecule has 2 atom stereocenters. The third-order valence-corrected chi connectivity index (χ3v) is 3.38. The van der Waals surface area contributed by atoms with E-state index in [2.05, 4.69) is 17.6 Å². The Hall–Kier alpha value is -0.570. The number of carbonyl (C=O) groups is 1. The Bertz CT molecular complexity index is 217. The first kappa shape index (κ1) is 9.00. The summed E-state index contributed by atoms with van der Waals surface area (Å²) in [6, 6.07) is 0.497. The van der Waals surface area contributed by atoms with Gasteiger partial charge in [0.2, 0.25) is 5.91 Å². The fraction of sp³-hybridized carbons (Fsp3) is 0.900. The van der Waals surface area contributed by atoms with Crippen LogP contribution in [0.1, 0.15) is 39.0 Å². The first-order chi connectivity index (χ1) is 6.21. The predicted molar refractivity (Wildman–Crippen MR) is 51.4 cm³/mol. The zero-order chi connectivity index (χ0) is 9.31. The molecule has 3 nitrogen and oxygen atoms in total. The lowest BCUT2D eigenvalue weighted by molar-refractivity contribution is -0.123. The maximum Gasteiger partial charge on any atom is 0.220 e. The number of fused-ring (bicyclic) bond motifs is 1. The second kappa shape index (κ2) is 3.29. The normalized spacial score (nSPS) is 40.4. The fourth-order valence-corrected chi connectivity index (χ4v) is 2.49. The SMILES string of the molecule is C[C@]12CCN[C@H]1CCCCC(=O)N2. The van der Waals surface area contributed by atoms with Crippen molar-refractivity contribution in [2.75, 3.05) is 6.54 Å². The van der Waals surface area contributed by atoms with Crippen molar-refractivity contribution in [2.45, 2.75) is 50.6 Å². The van der Waals surface area contributed by atoms with Gasteiger partial charge in [-0.05, 0) is 32.7 Å². The van der Waals surface area contributed by atoms with Gasteiger partial charge >= 0.3 is 0 Å². The van der Waals surface area contributed by atoms with Crippen LogP contribution in [0, 0.1) is 0 Å². The molecule has 0 unspecified atom stereocenters. The van der Waals surface area contributed by atoms with E-state index in [4.69, 9.17) is 0 Å². The Labute approximate surface area is 79.3 Å². The van der Waals surface area contributed by atoms with Crippen LogP contribution in [0.4, 0.5) is 0 Å². The van der Waals surface area contributed by atoms with Gasteiger partial charge in [0.05, 0.1) is 5.54 Å². The summed E-state index contributed by atoms with van der Waals surface area (Å²) in [7, 11) is 0. The molecular formula is C10H18N2O. The zero-order valence-corrected chi connectivity index (χ0v) is 8.23. The molecule has 2 fully saturated rings. The van der Waals surface area contributed by atoms with E-state index < -0.39 is 0 Å². The highest BCUT2D eigenvalue weighted by molar-refractivity contribution is 5.77. The number of hydrogen-bond donors (Lipinski definition) is 2. The average molecular weight is 182 g/mol. The summed E-state index contributed by atoms with van der Waals surface area (Å²) < 4.78 is 0. The summed E-state index contributed by atoms with van der Waals surface area (Å²) in [6.45, 7) is 3.21. The Morgan fingerprint density at radius 3 is 3.15 bits per heavy atom. The summed E-state index contributed by atoms with van der Waals surface area (Å²) in [4.78, 5) is 11.4. The van der Waals surface area contributed by atoms with Crippen LogP contribution in [0.5, 0.6) is 0 Å². The molecule has 1 amide bonds. The number of hydrogen-bond acceptors (Lipinski definition) is 2. The van der Waals surface area contributed by atoms with Crippen LogP contribution in [0.2, 0.25) is 0 Å². The largest absolute Gasteiger partial charge is 0.349 e. The van der Waals surface area contributed by atoms with Gasteiger partial charge in [-0.2, -0.15) is 0 Å². The van der Waals surface area contributed by atoms with Crippen LogP contribution >= 0.6 is 0 Å². The highest BCUT2D eigenvalue weighted by Crippen LogP contribution is 2.26. The molecule has 0 radical (unpaired) electrons. The number of carbonyl (C=O) groups excluding carboxylic acids is 1. The summed E-state index contributed by atoms with van der Waals surface area (Å²) in [6.07, 6.45) is 5.21. The lowest BCUT2D eigenvalue weighted by atomic mass is 9.87. The van der Waals surface area contributed by atoms with Crippen LogP contribution in [0.3, 0.4) is 0 Å². The van der Waals surface area contributed by atoms with Crippen molar-refractivity contribution >= 4 is 5.91 Å². The van der Waals surface area contributed by atoms with Gasteiger partial charge in [-0.3, -0.25) is 4.79 Å². The van der Waals surface area contributed by atoms with Crippen molar-refractivity contribution in [3.8, 4) is 0 Å². The van der Waals surface area contributed by atoms with Gasteiger partial charge in [-0.15, -0.1) is 0 Å². The maximum atomic E-state index is 11.4. The van der Waals surface area contributed by atoms with Gasteiger partial charge in [0.15, 0.2) is 0 Å². The lowest BCUT2D eigenvalue weighted by Crippen LogP contribution is -2.54. The van der Waals surface area contributed by atoms with Gasteiger partial charge < -0.3 is 10.6 Å². The van der Waals surface area contributed by atoms with Crippen molar-refractivity contribution in [1.82, 2.24) is 10.6 Å². The van der Waals surface area contributed by atoms with Gasteiger partial charge in [-0.25, -0.2) is 0 Å². The van der Waals surface area contributed by atoms with Gasteiger partial charge in [0.1, 0.15) is 0 Å². The van der Waals surface area contributed by atoms with Gasteiger partial charge in [0, 0.05) is 12.5 Å². The quantitative estimate of drug-likeness (QED) is 0.581. The molecule has 13 heavy (non-hydrogen) atoms. The molecule has 2 heterocycles. The molecule has 2 saturated heterocycles. The smallest absolute Gasteiger partial charge is 0.220 e. The highest BCUT2D eigenvalue weighted by atomic mass is 16.1. The molecule has 74 valence electrons. The molecular weight excluding hydrogens is 164 g/mol. The molecule has 0 aromatic heterocycles. The molecule has 2 aliphatic rings. The number of nitrogens with one attached hydrogen (secondary N) is 2. The van der Waals surface area contributed by atoms with E-state index in [1.54, 1.807) is 0 Å². The van der Waals surface area contributed by atoms with E-state index in [1.165, 1.54) is 12.8 Å². The minimum atomic E-state index is 0.0253. The standard InChI is InChI=1S/C10H18N2O/c1-10-6-7-11-8(10)4-2-3-5-9(13)12-10/h8,11H,2-7H2,1H3,(H,12,13)/t8-,10-/m0/s1. The second-order valence-electron chi connectivity index (χ2n) is 4.47. The van der Waals surface area contributed by atoms with E-state index >= 15 is 0 Å². The minimum Gasteiger partial charge on any atom is -0.349 e. The zero-order valence-electron chi connectivity index (χ0n) is 8.23. The van der Waals surface area contributed by atoms with Crippen molar-refractivity contribution in [3.05, 3.63) is 0 Å². The number of amides is 1. The molecule has 2 N–H and O–H groups in total. The summed E-state index contributed by atoms with van der Waals surface area (Å²) >= 11 is 0. The van der Waals surface area contributed by atoms with Crippen molar-refractivity contribution in [1.29, 1.82) is 0 Å². The molecule has 2 aliphatic heterocycles. The van der Waals surface area contributed by atoms with Crippen LogP contribution in [-0.4, -0.2) is 24.0 Å². The van der Waals surface area contributed by atoms with E-state index in [0.29, 0.717) is 12.5 Å². The molecule has 0 bridgehead atoms. The first-order valence-corrected chi connectivity index (χ1v) is 5.25. The summed E-state index contributed by atoms with van der Waals surface area (Å²) in [5.41, 5.74) is 0.0253. The molecule has 3 heteroatoms. The monoisotopic (exact) mass is 182 g/mol. The summed E-state index contributed by atoms with van der Waals surface area (Å²) in [5, 5.41) is 6.63. The fourth-order valence-electron chi connectivity index (χ4n) is 2.49. The van der Waals surface area contributed by atoms with Crippen LogP contribution in [0.15, 0.2) is 0 Å². The topological polar surface area (TPSA) is 41.1 Å². The molecule has 0 aliphatic carbocycles. The Kier molecular flexibility index (Phi) is 2.28. The third kappa shape index (κ3) is 1.70. The number of rotatable bonds is 0.